The Morgan fingerprint density at radius 3 is 2.35 bits per heavy atom. The van der Waals surface area contributed by atoms with Crippen LogP contribution in [0, 0.1) is 39.9 Å². The van der Waals surface area contributed by atoms with E-state index in [1.807, 2.05) is 13.0 Å². The van der Waals surface area contributed by atoms with E-state index in [4.69, 9.17) is 9.47 Å². The molecule has 6 rings (SSSR count). The Bertz CT molecular complexity index is 1370. The number of rotatable bonds is 13. The van der Waals surface area contributed by atoms with Crippen molar-refractivity contribution >= 4 is 11.9 Å². The van der Waals surface area contributed by atoms with Crippen LogP contribution in [-0.4, -0.2) is 57.8 Å². The molecule has 9 atom stereocenters. The normalized spacial score (nSPS) is 36.3. The fourth-order valence-corrected chi connectivity index (χ4v) is 12.5. The van der Waals surface area contributed by atoms with Gasteiger partial charge in [-0.1, -0.05) is 70.4 Å². The molecule has 284 valence electrons. The molecule has 0 radical (unpaired) electrons. The molecule has 1 spiro atoms. The van der Waals surface area contributed by atoms with E-state index in [1.165, 1.54) is 57.1 Å². The highest BCUT2D eigenvalue weighted by Gasteiger charge is 2.74. The Balaban J connectivity index is 1.34. The lowest BCUT2D eigenvalue weighted by Crippen LogP contribution is -2.77. The molecule has 0 aromatic heterocycles. The van der Waals surface area contributed by atoms with Crippen molar-refractivity contribution in [2.45, 2.75) is 167 Å². The second kappa shape index (κ2) is 15.6. The quantitative estimate of drug-likeness (QED) is 0.177. The van der Waals surface area contributed by atoms with Crippen LogP contribution in [0.2, 0.25) is 0 Å². The van der Waals surface area contributed by atoms with Crippen LogP contribution in [0.5, 0.6) is 0 Å². The van der Waals surface area contributed by atoms with Crippen LogP contribution in [0.25, 0.3) is 0 Å². The molecule has 1 heterocycles. The van der Waals surface area contributed by atoms with E-state index in [2.05, 4.69) is 38.1 Å². The second-order valence-electron chi connectivity index (χ2n) is 18.1. The minimum Gasteiger partial charge on any atom is -0.462 e. The fourth-order valence-electron chi connectivity index (χ4n) is 12.5. The molecule has 5 aliphatic rings. The summed E-state index contributed by atoms with van der Waals surface area (Å²) in [6, 6.07) is 10.5. The van der Waals surface area contributed by atoms with Crippen molar-refractivity contribution in [1.82, 2.24) is 0 Å². The molecule has 1 aliphatic heterocycles. The molecule has 4 saturated carbocycles. The van der Waals surface area contributed by atoms with Gasteiger partial charge in [-0.2, -0.15) is 0 Å². The van der Waals surface area contributed by atoms with Crippen LogP contribution in [-0.2, 0) is 25.5 Å². The van der Waals surface area contributed by atoms with Crippen LogP contribution in [0.15, 0.2) is 42.0 Å². The number of esters is 2. The largest absolute Gasteiger partial charge is 0.462 e. The minimum atomic E-state index is -1.46. The lowest BCUT2D eigenvalue weighted by atomic mass is 9.37. The topological polar surface area (TPSA) is 113 Å². The van der Waals surface area contributed by atoms with Gasteiger partial charge in [-0.05, 0) is 136 Å². The van der Waals surface area contributed by atoms with Gasteiger partial charge in [0, 0.05) is 18.9 Å². The smallest absolute Gasteiger partial charge is 0.331 e. The molecule has 7 nitrogen and oxygen atoms in total. The van der Waals surface area contributed by atoms with E-state index in [-0.39, 0.29) is 29.9 Å². The van der Waals surface area contributed by atoms with Crippen LogP contribution in [0.3, 0.4) is 0 Å². The molecular weight excluding hydrogens is 640 g/mol. The van der Waals surface area contributed by atoms with Crippen LogP contribution in [0.1, 0.15) is 142 Å². The standard InChI is InChI=1S/C44H66O7/c1-30(11-10-14-33-12-6-5-7-13-33)15-16-37(46)44-38(47)20-23-41(4,35-18-24-42(25-19-35)21-8-9-22-42)40(44)36(51-32(3)45)27-31(2)43(44,49)26-17-34-28-39(48)50-29-34/h5-7,12-13,28,30-31,35-38,40,46-47,49H,8-11,14-27,29H2,1-4H3/t30-,31+,36-,37+,38+,40?,41+,43-,44+/m1/s1. The van der Waals surface area contributed by atoms with E-state index >= 15 is 0 Å². The average molecular weight is 707 g/mol. The summed E-state index contributed by atoms with van der Waals surface area (Å²) >= 11 is 0. The summed E-state index contributed by atoms with van der Waals surface area (Å²) in [4.78, 5) is 24.9. The van der Waals surface area contributed by atoms with Crippen molar-refractivity contribution in [3.8, 4) is 0 Å². The van der Waals surface area contributed by atoms with Crippen molar-refractivity contribution in [2.75, 3.05) is 6.61 Å². The van der Waals surface area contributed by atoms with Gasteiger partial charge in [0.25, 0.3) is 0 Å². The zero-order valence-electron chi connectivity index (χ0n) is 31.9. The van der Waals surface area contributed by atoms with E-state index < -0.39 is 35.2 Å². The number of aliphatic hydroxyl groups is 3. The Kier molecular flexibility index (Phi) is 11.8. The number of hydrogen-bond donors (Lipinski definition) is 3. The summed E-state index contributed by atoms with van der Waals surface area (Å²) in [6.07, 6.45) is 15.7. The van der Waals surface area contributed by atoms with Crippen LogP contribution in [0.4, 0.5) is 0 Å². The molecule has 0 amide bonds. The summed E-state index contributed by atoms with van der Waals surface area (Å²) in [5, 5.41) is 38.8. The number of carbonyl (C=O) groups is 2. The number of benzene rings is 1. The summed E-state index contributed by atoms with van der Waals surface area (Å²) in [5.41, 5.74) is -0.493. The molecule has 0 saturated heterocycles. The molecule has 1 aromatic rings. The SMILES string of the molecule is CC(=O)O[C@@H]1C[C@H](C)[C@](O)(CCC2=CC(=O)OC2)[C@]2([C@@H](O)CC[C@H](C)CCCc3ccccc3)C1[C@](C)(C1CCC3(CCCC3)CC1)CC[C@@H]2O. The predicted molar refractivity (Wildman–Crippen MR) is 198 cm³/mol. The Labute approximate surface area is 307 Å². The first-order valence-corrected chi connectivity index (χ1v) is 20.5. The van der Waals surface area contributed by atoms with Gasteiger partial charge in [0.05, 0.1) is 23.2 Å². The van der Waals surface area contributed by atoms with Gasteiger partial charge < -0.3 is 24.8 Å². The number of carbonyl (C=O) groups excluding carboxylic acids is 2. The van der Waals surface area contributed by atoms with E-state index in [0.717, 1.165) is 50.5 Å². The highest BCUT2D eigenvalue weighted by molar-refractivity contribution is 5.85. The number of cyclic esters (lactones) is 1. The maximum atomic E-state index is 13.4. The third kappa shape index (κ3) is 7.47. The lowest BCUT2D eigenvalue weighted by molar-refractivity contribution is -0.327. The number of aliphatic hydroxyl groups excluding tert-OH is 2. The zero-order chi connectivity index (χ0) is 36.4. The molecule has 1 aromatic carbocycles. The van der Waals surface area contributed by atoms with Crippen molar-refractivity contribution in [3.05, 3.63) is 47.5 Å². The number of hydrogen-bond acceptors (Lipinski definition) is 7. The highest BCUT2D eigenvalue weighted by Crippen LogP contribution is 2.70. The second-order valence-corrected chi connectivity index (χ2v) is 18.1. The summed E-state index contributed by atoms with van der Waals surface area (Å²) < 4.78 is 11.5. The maximum Gasteiger partial charge on any atom is 0.331 e. The van der Waals surface area contributed by atoms with Crippen LogP contribution < -0.4 is 0 Å². The van der Waals surface area contributed by atoms with Gasteiger partial charge in [-0.3, -0.25) is 4.79 Å². The first-order chi connectivity index (χ1) is 24.3. The van der Waals surface area contributed by atoms with Crippen molar-refractivity contribution < 1.29 is 34.4 Å². The zero-order valence-corrected chi connectivity index (χ0v) is 31.9. The Hall–Kier alpha value is -2.22. The molecule has 1 unspecified atom stereocenters. The molecule has 4 aliphatic carbocycles. The maximum absolute atomic E-state index is 13.4. The number of aryl methyl sites for hydroxylation is 1. The van der Waals surface area contributed by atoms with Gasteiger partial charge in [-0.15, -0.1) is 0 Å². The van der Waals surface area contributed by atoms with Gasteiger partial charge >= 0.3 is 11.9 Å². The lowest BCUT2D eigenvalue weighted by Gasteiger charge is -2.70. The molecular formula is C44H66O7. The van der Waals surface area contributed by atoms with Gasteiger partial charge in [0.15, 0.2) is 0 Å². The molecule has 3 N–H and O–H groups in total. The van der Waals surface area contributed by atoms with E-state index in [1.54, 1.807) is 0 Å². The fraction of sp³-hybridized carbons (Fsp3) is 0.773. The Morgan fingerprint density at radius 2 is 1.71 bits per heavy atom. The summed E-state index contributed by atoms with van der Waals surface area (Å²) in [5.74, 6) is -0.781. The number of ether oxygens (including phenoxy) is 2. The van der Waals surface area contributed by atoms with Gasteiger partial charge in [0.2, 0.25) is 0 Å². The van der Waals surface area contributed by atoms with Crippen LogP contribution >= 0.6 is 0 Å². The molecule has 51 heavy (non-hydrogen) atoms. The monoisotopic (exact) mass is 706 g/mol. The first-order valence-electron chi connectivity index (χ1n) is 20.5. The minimum absolute atomic E-state index is 0.211. The predicted octanol–water partition coefficient (Wildman–Crippen LogP) is 8.27. The first kappa shape index (κ1) is 38.5. The summed E-state index contributed by atoms with van der Waals surface area (Å²) in [7, 11) is 0. The van der Waals surface area contributed by atoms with E-state index in [0.29, 0.717) is 49.4 Å². The third-order valence-corrected chi connectivity index (χ3v) is 15.3. The van der Waals surface area contributed by atoms with Gasteiger partial charge in [-0.25, -0.2) is 4.79 Å². The summed E-state index contributed by atoms with van der Waals surface area (Å²) in [6.45, 7) is 8.26. The average Bonchev–Trinajstić information content (AvgIpc) is 3.75. The number of fused-ring (bicyclic) bond motifs is 1. The molecule has 7 heteroatoms. The third-order valence-electron chi connectivity index (χ3n) is 15.3. The Morgan fingerprint density at radius 1 is 1.00 bits per heavy atom. The van der Waals surface area contributed by atoms with Crippen molar-refractivity contribution in [3.63, 3.8) is 0 Å². The molecule has 0 bridgehead atoms. The van der Waals surface area contributed by atoms with E-state index in [9.17, 15) is 24.9 Å². The van der Waals surface area contributed by atoms with Crippen molar-refractivity contribution in [2.24, 2.45) is 39.9 Å². The molecule has 4 fully saturated rings. The van der Waals surface area contributed by atoms with Crippen molar-refractivity contribution in [1.29, 1.82) is 0 Å². The van der Waals surface area contributed by atoms with Gasteiger partial charge in [0.1, 0.15) is 12.7 Å². The highest BCUT2D eigenvalue weighted by atomic mass is 16.5.